The van der Waals surface area contributed by atoms with Gasteiger partial charge in [0, 0.05) is 10.2 Å². The van der Waals surface area contributed by atoms with E-state index in [-0.39, 0.29) is 12.5 Å². The Labute approximate surface area is 159 Å². The average molecular weight is 418 g/mol. The molecule has 0 aromatic heterocycles. The Morgan fingerprint density at radius 2 is 2.12 bits per heavy atom. The molecule has 0 saturated heterocycles. The van der Waals surface area contributed by atoms with Gasteiger partial charge in [0.15, 0.2) is 6.61 Å². The number of ether oxygens (including phenoxy) is 1. The zero-order valence-corrected chi connectivity index (χ0v) is 15.7. The van der Waals surface area contributed by atoms with Gasteiger partial charge in [-0.25, -0.2) is 5.43 Å². The van der Waals surface area contributed by atoms with Crippen LogP contribution >= 0.6 is 27.7 Å². The Morgan fingerprint density at radius 3 is 2.84 bits per heavy atom. The van der Waals surface area contributed by atoms with E-state index in [1.54, 1.807) is 30.5 Å². The minimum Gasteiger partial charge on any atom is -0.479 e. The molecule has 0 aliphatic rings. The second-order valence-electron chi connectivity index (χ2n) is 4.93. The van der Waals surface area contributed by atoms with Crippen LogP contribution in [0.4, 0.5) is 0 Å². The number of benzene rings is 2. The molecule has 0 heterocycles. The third kappa shape index (κ3) is 7.42. The van der Waals surface area contributed by atoms with Crippen LogP contribution in [0.25, 0.3) is 0 Å². The predicted octanol–water partition coefficient (Wildman–Crippen LogP) is 3.73. The molecule has 128 valence electrons. The maximum atomic E-state index is 11.8. The highest BCUT2D eigenvalue weighted by molar-refractivity contribution is 9.10. The lowest BCUT2D eigenvalue weighted by atomic mass is 10.2. The fourth-order valence-corrected chi connectivity index (χ4v) is 3.08. The van der Waals surface area contributed by atoms with E-state index in [0.29, 0.717) is 11.5 Å². The van der Waals surface area contributed by atoms with Gasteiger partial charge in [-0.1, -0.05) is 28.1 Å². The molecule has 0 aliphatic heterocycles. The molecule has 25 heavy (non-hydrogen) atoms. The molecule has 2 aromatic rings. The SMILES string of the molecule is N#CCOc1ccc(/C=N\NC(=O)CSCc2cccc(Br)c2)cc1. The minimum atomic E-state index is -0.148. The summed E-state index contributed by atoms with van der Waals surface area (Å²) in [6.45, 7) is 0.0150. The number of hydrogen-bond acceptors (Lipinski definition) is 5. The van der Waals surface area contributed by atoms with Crippen molar-refractivity contribution < 1.29 is 9.53 Å². The normalized spacial score (nSPS) is 10.4. The number of amides is 1. The number of nitriles is 1. The summed E-state index contributed by atoms with van der Waals surface area (Å²) in [6.07, 6.45) is 1.56. The van der Waals surface area contributed by atoms with Crippen molar-refractivity contribution in [3.8, 4) is 11.8 Å². The van der Waals surface area contributed by atoms with E-state index in [4.69, 9.17) is 10.00 Å². The first-order valence-corrected chi connectivity index (χ1v) is 9.36. The highest BCUT2D eigenvalue weighted by Crippen LogP contribution is 2.16. The smallest absolute Gasteiger partial charge is 0.250 e. The van der Waals surface area contributed by atoms with Gasteiger partial charge in [-0.15, -0.1) is 11.8 Å². The summed E-state index contributed by atoms with van der Waals surface area (Å²) in [7, 11) is 0. The van der Waals surface area contributed by atoms with Crippen molar-refractivity contribution in [3.63, 3.8) is 0 Å². The van der Waals surface area contributed by atoms with E-state index in [1.807, 2.05) is 30.3 Å². The van der Waals surface area contributed by atoms with Crippen molar-refractivity contribution in [1.82, 2.24) is 5.43 Å². The van der Waals surface area contributed by atoms with Crippen LogP contribution in [0.2, 0.25) is 0 Å². The van der Waals surface area contributed by atoms with E-state index in [1.165, 1.54) is 11.8 Å². The largest absolute Gasteiger partial charge is 0.479 e. The first-order valence-electron chi connectivity index (χ1n) is 7.41. The van der Waals surface area contributed by atoms with E-state index >= 15 is 0 Å². The highest BCUT2D eigenvalue weighted by Gasteiger charge is 2.01. The molecule has 0 atom stereocenters. The maximum absolute atomic E-state index is 11.8. The zero-order valence-electron chi connectivity index (χ0n) is 13.3. The quantitative estimate of drug-likeness (QED) is 0.524. The molecule has 7 heteroatoms. The fourth-order valence-electron chi connectivity index (χ4n) is 1.87. The number of hydrazone groups is 1. The Kier molecular flexibility index (Phi) is 8.02. The molecular formula is C18H16BrN3O2S. The summed E-state index contributed by atoms with van der Waals surface area (Å²) in [5, 5.41) is 12.4. The summed E-state index contributed by atoms with van der Waals surface area (Å²) in [5.74, 6) is 1.57. The van der Waals surface area contributed by atoms with Crippen molar-refractivity contribution in [3.05, 3.63) is 64.1 Å². The molecule has 0 bridgehead atoms. The molecule has 0 saturated carbocycles. The lowest BCUT2D eigenvalue weighted by Crippen LogP contribution is -2.19. The second-order valence-corrected chi connectivity index (χ2v) is 6.83. The van der Waals surface area contributed by atoms with Crippen molar-refractivity contribution in [2.24, 2.45) is 5.10 Å². The third-order valence-electron chi connectivity index (χ3n) is 2.98. The molecule has 0 unspecified atom stereocenters. The number of thioether (sulfide) groups is 1. The minimum absolute atomic E-state index is 0.0150. The van der Waals surface area contributed by atoms with Gasteiger partial charge in [0.25, 0.3) is 0 Å². The Balaban J connectivity index is 1.70. The van der Waals surface area contributed by atoms with Crippen LogP contribution in [0.3, 0.4) is 0 Å². The molecule has 0 aliphatic carbocycles. The maximum Gasteiger partial charge on any atom is 0.250 e. The number of rotatable bonds is 8. The number of carbonyl (C=O) groups excluding carboxylic acids is 1. The summed E-state index contributed by atoms with van der Waals surface area (Å²) < 4.78 is 6.19. The fraction of sp³-hybridized carbons (Fsp3) is 0.167. The van der Waals surface area contributed by atoms with Crippen LogP contribution in [0.1, 0.15) is 11.1 Å². The molecular weight excluding hydrogens is 402 g/mol. The van der Waals surface area contributed by atoms with E-state index in [2.05, 4.69) is 26.5 Å². The summed E-state index contributed by atoms with van der Waals surface area (Å²) in [5.41, 5.74) is 4.49. The third-order valence-corrected chi connectivity index (χ3v) is 4.47. The van der Waals surface area contributed by atoms with Gasteiger partial charge in [0.2, 0.25) is 5.91 Å². The Hall–Kier alpha value is -2.30. The first kappa shape index (κ1) is 19.0. The van der Waals surface area contributed by atoms with Crippen LogP contribution in [-0.2, 0) is 10.5 Å². The predicted molar refractivity (Wildman–Crippen MR) is 104 cm³/mol. The lowest BCUT2D eigenvalue weighted by molar-refractivity contribution is -0.118. The number of hydrogen-bond donors (Lipinski definition) is 1. The molecule has 1 N–H and O–H groups in total. The van der Waals surface area contributed by atoms with Gasteiger partial charge in [-0.3, -0.25) is 4.79 Å². The Morgan fingerprint density at radius 1 is 1.32 bits per heavy atom. The number of carbonyl (C=O) groups is 1. The van der Waals surface area contributed by atoms with Crippen LogP contribution in [-0.4, -0.2) is 24.5 Å². The van der Waals surface area contributed by atoms with Crippen molar-refractivity contribution in [1.29, 1.82) is 5.26 Å². The van der Waals surface area contributed by atoms with Gasteiger partial charge in [0.1, 0.15) is 11.8 Å². The van der Waals surface area contributed by atoms with Gasteiger partial charge in [0.05, 0.1) is 12.0 Å². The van der Waals surface area contributed by atoms with Crippen LogP contribution in [0, 0.1) is 11.3 Å². The van der Waals surface area contributed by atoms with Crippen LogP contribution in [0.15, 0.2) is 58.1 Å². The van der Waals surface area contributed by atoms with Crippen molar-refractivity contribution >= 4 is 39.8 Å². The molecule has 2 rings (SSSR count). The van der Waals surface area contributed by atoms with Gasteiger partial charge in [-0.05, 0) is 47.5 Å². The molecule has 5 nitrogen and oxygen atoms in total. The van der Waals surface area contributed by atoms with Gasteiger partial charge >= 0.3 is 0 Å². The number of halogens is 1. The zero-order chi connectivity index (χ0) is 17.9. The Bertz CT molecular complexity index is 773. The van der Waals surface area contributed by atoms with E-state index < -0.39 is 0 Å². The molecule has 0 fully saturated rings. The number of nitrogens with zero attached hydrogens (tertiary/aromatic N) is 2. The molecule has 2 aromatic carbocycles. The lowest BCUT2D eigenvalue weighted by Gasteiger charge is -2.02. The monoisotopic (exact) mass is 417 g/mol. The van der Waals surface area contributed by atoms with E-state index in [0.717, 1.165) is 21.4 Å². The van der Waals surface area contributed by atoms with Crippen molar-refractivity contribution in [2.45, 2.75) is 5.75 Å². The van der Waals surface area contributed by atoms with Gasteiger partial charge in [-0.2, -0.15) is 10.4 Å². The molecule has 0 radical (unpaired) electrons. The van der Waals surface area contributed by atoms with Crippen LogP contribution in [0.5, 0.6) is 5.75 Å². The highest BCUT2D eigenvalue weighted by atomic mass is 79.9. The van der Waals surface area contributed by atoms with Gasteiger partial charge < -0.3 is 4.74 Å². The molecule has 0 spiro atoms. The standard InChI is InChI=1S/C18H16BrN3O2S/c19-16-3-1-2-15(10-16)12-25-13-18(23)22-21-11-14-4-6-17(7-5-14)24-9-8-20/h1-7,10-11H,9,12-13H2,(H,22,23)/b21-11-. The summed E-state index contributed by atoms with van der Waals surface area (Å²) in [6, 6.07) is 17.0. The molecule has 1 amide bonds. The first-order chi connectivity index (χ1) is 12.2. The topological polar surface area (TPSA) is 74.5 Å². The second kappa shape index (κ2) is 10.5. The number of nitrogens with one attached hydrogen (secondary N) is 1. The van der Waals surface area contributed by atoms with Crippen molar-refractivity contribution in [2.75, 3.05) is 12.4 Å². The van der Waals surface area contributed by atoms with Crippen LogP contribution < -0.4 is 10.2 Å². The summed E-state index contributed by atoms with van der Waals surface area (Å²) >= 11 is 4.96. The van der Waals surface area contributed by atoms with E-state index in [9.17, 15) is 4.79 Å². The average Bonchev–Trinajstić information content (AvgIpc) is 2.61. The summed E-state index contributed by atoms with van der Waals surface area (Å²) in [4.78, 5) is 11.8.